The first-order chi connectivity index (χ1) is 26.3. The zero-order chi connectivity index (χ0) is 34.9. The lowest BCUT2D eigenvalue weighted by atomic mass is 9.67. The number of para-hydroxylation sites is 5. The Labute approximate surface area is 307 Å². The van der Waals surface area contributed by atoms with Crippen LogP contribution in [0.4, 0.5) is 17.1 Å². The van der Waals surface area contributed by atoms with E-state index < -0.39 is 5.41 Å². The van der Waals surface area contributed by atoms with E-state index in [2.05, 4.69) is 150 Å². The Morgan fingerprint density at radius 1 is 0.321 bits per heavy atom. The molecule has 2 heterocycles. The molecule has 0 saturated heterocycles. The lowest BCUT2D eigenvalue weighted by Gasteiger charge is -2.34. The zero-order valence-electron chi connectivity index (χ0n) is 28.6. The first-order valence-corrected chi connectivity index (χ1v) is 17.9. The number of hydrogen-bond acceptors (Lipinski definition) is 4. The summed E-state index contributed by atoms with van der Waals surface area (Å²) in [5.74, 6) is 4.40. The van der Waals surface area contributed by atoms with Gasteiger partial charge in [0.2, 0.25) is 0 Å². The number of hydrogen-bond donors (Lipinski definition) is 0. The van der Waals surface area contributed by atoms with E-state index in [4.69, 9.17) is 14.2 Å². The van der Waals surface area contributed by atoms with Crippen LogP contribution in [0, 0.1) is 0 Å². The largest absolute Gasteiger partial charge is 0.453 e. The molecule has 250 valence electrons. The van der Waals surface area contributed by atoms with Crippen LogP contribution in [0.1, 0.15) is 22.3 Å². The molecule has 4 nitrogen and oxygen atoms in total. The van der Waals surface area contributed by atoms with Crippen LogP contribution in [-0.4, -0.2) is 0 Å². The third kappa shape index (κ3) is 4.36. The molecular formula is C49H31NO3. The van der Waals surface area contributed by atoms with E-state index in [0.29, 0.717) is 23.0 Å². The summed E-state index contributed by atoms with van der Waals surface area (Å²) in [6.45, 7) is 0. The summed E-state index contributed by atoms with van der Waals surface area (Å²) in [5, 5.41) is 0. The van der Waals surface area contributed by atoms with Crippen LogP contribution in [0.25, 0.3) is 22.3 Å². The second kappa shape index (κ2) is 11.5. The maximum atomic E-state index is 6.80. The van der Waals surface area contributed by atoms with Crippen molar-refractivity contribution in [3.05, 3.63) is 210 Å². The van der Waals surface area contributed by atoms with Gasteiger partial charge in [0.05, 0.1) is 22.5 Å². The molecule has 0 spiro atoms. The van der Waals surface area contributed by atoms with Crippen LogP contribution >= 0.6 is 0 Å². The Morgan fingerprint density at radius 3 is 1.53 bits per heavy atom. The summed E-state index contributed by atoms with van der Waals surface area (Å²) in [6, 6.07) is 65.8. The van der Waals surface area contributed by atoms with Gasteiger partial charge in [-0.1, -0.05) is 133 Å². The van der Waals surface area contributed by atoms with E-state index in [1.807, 2.05) is 42.5 Å². The zero-order valence-corrected chi connectivity index (χ0v) is 28.6. The number of nitrogens with zero attached hydrogens (tertiary/aromatic N) is 1. The maximum absolute atomic E-state index is 6.80. The summed E-state index contributed by atoms with van der Waals surface area (Å²) in [5.41, 5.74) is 11.8. The average molecular weight is 682 g/mol. The van der Waals surface area contributed by atoms with Gasteiger partial charge in [0.25, 0.3) is 0 Å². The van der Waals surface area contributed by atoms with Gasteiger partial charge in [0, 0.05) is 5.56 Å². The van der Waals surface area contributed by atoms with Gasteiger partial charge in [0.1, 0.15) is 0 Å². The molecule has 1 aliphatic carbocycles. The van der Waals surface area contributed by atoms with Gasteiger partial charge in [-0.05, 0) is 93.5 Å². The quantitative estimate of drug-likeness (QED) is 0.185. The standard InChI is InChI=1S/C49H31NO3/c1-3-15-33(16-4-1)49(34-17-5-2-6-18-34)38-21-9-7-20-36(38)37-30-47-48(31-39(37)49)52-45-28-27-32(29-46(45)53-47)35-19-8-10-22-40(35)50-41-23-11-13-25-43(41)51-44-26-14-12-24-42(44)50/h1-31H. The molecule has 0 radical (unpaired) electrons. The minimum absolute atomic E-state index is 0.516. The molecule has 0 bridgehead atoms. The molecule has 8 aromatic rings. The number of fused-ring (bicyclic) bond motifs is 7. The van der Waals surface area contributed by atoms with Gasteiger partial charge in [-0.3, -0.25) is 0 Å². The minimum Gasteiger partial charge on any atom is -0.453 e. The van der Waals surface area contributed by atoms with E-state index in [-0.39, 0.29) is 0 Å². The van der Waals surface area contributed by atoms with Crippen LogP contribution in [0.3, 0.4) is 0 Å². The summed E-state index contributed by atoms with van der Waals surface area (Å²) in [4.78, 5) is 2.28. The highest BCUT2D eigenvalue weighted by molar-refractivity contribution is 5.93. The third-order valence-corrected chi connectivity index (χ3v) is 10.8. The molecular weight excluding hydrogens is 651 g/mol. The van der Waals surface area contributed by atoms with E-state index in [1.165, 1.54) is 27.8 Å². The predicted octanol–water partition coefficient (Wildman–Crippen LogP) is 13.2. The number of anilines is 3. The van der Waals surface area contributed by atoms with Gasteiger partial charge in [0.15, 0.2) is 34.5 Å². The van der Waals surface area contributed by atoms with Gasteiger partial charge >= 0.3 is 0 Å². The fourth-order valence-corrected chi connectivity index (χ4v) is 8.56. The molecule has 0 N–H and O–H groups in total. The molecule has 8 aromatic carbocycles. The highest BCUT2D eigenvalue weighted by Gasteiger charge is 2.47. The van der Waals surface area contributed by atoms with Crippen molar-refractivity contribution in [3.8, 4) is 56.8 Å². The van der Waals surface area contributed by atoms with E-state index in [9.17, 15) is 0 Å². The monoisotopic (exact) mass is 681 g/mol. The Balaban J connectivity index is 1.04. The van der Waals surface area contributed by atoms with Crippen molar-refractivity contribution in [2.24, 2.45) is 0 Å². The number of rotatable bonds is 4. The van der Waals surface area contributed by atoms with Crippen molar-refractivity contribution < 1.29 is 14.2 Å². The molecule has 0 saturated carbocycles. The lowest BCUT2D eigenvalue weighted by molar-refractivity contribution is 0.359. The van der Waals surface area contributed by atoms with Crippen molar-refractivity contribution in [2.75, 3.05) is 4.90 Å². The van der Waals surface area contributed by atoms with Crippen molar-refractivity contribution in [2.45, 2.75) is 5.41 Å². The van der Waals surface area contributed by atoms with Crippen LogP contribution in [-0.2, 0) is 5.41 Å². The first kappa shape index (κ1) is 29.7. The highest BCUT2D eigenvalue weighted by Crippen LogP contribution is 2.60. The summed E-state index contributed by atoms with van der Waals surface area (Å²) < 4.78 is 19.9. The fourth-order valence-electron chi connectivity index (χ4n) is 8.56. The number of benzene rings is 8. The second-order valence-electron chi connectivity index (χ2n) is 13.6. The smallest absolute Gasteiger partial charge is 0.170 e. The van der Waals surface area contributed by atoms with Crippen molar-refractivity contribution in [1.29, 1.82) is 0 Å². The van der Waals surface area contributed by atoms with Gasteiger partial charge < -0.3 is 19.1 Å². The lowest BCUT2D eigenvalue weighted by Crippen LogP contribution is -2.28. The van der Waals surface area contributed by atoms with E-state index in [1.54, 1.807) is 0 Å². The number of ether oxygens (including phenoxy) is 3. The molecule has 0 unspecified atom stereocenters. The Hall–Kier alpha value is -7.04. The Kier molecular flexibility index (Phi) is 6.43. The molecule has 3 aliphatic rings. The second-order valence-corrected chi connectivity index (χ2v) is 13.6. The molecule has 0 amide bonds. The topological polar surface area (TPSA) is 30.9 Å². The summed E-state index contributed by atoms with van der Waals surface area (Å²) in [6.07, 6.45) is 0. The summed E-state index contributed by atoms with van der Waals surface area (Å²) >= 11 is 0. The molecule has 2 aliphatic heterocycles. The Morgan fingerprint density at radius 2 is 0.830 bits per heavy atom. The predicted molar refractivity (Wildman–Crippen MR) is 211 cm³/mol. The summed E-state index contributed by atoms with van der Waals surface area (Å²) in [7, 11) is 0. The average Bonchev–Trinajstić information content (AvgIpc) is 3.51. The van der Waals surface area contributed by atoms with E-state index >= 15 is 0 Å². The molecule has 0 aromatic heterocycles. The van der Waals surface area contributed by atoms with Crippen LogP contribution in [0.5, 0.6) is 34.5 Å². The molecule has 11 rings (SSSR count). The van der Waals surface area contributed by atoms with Crippen LogP contribution < -0.4 is 19.1 Å². The van der Waals surface area contributed by atoms with Crippen LogP contribution in [0.2, 0.25) is 0 Å². The van der Waals surface area contributed by atoms with Crippen LogP contribution in [0.15, 0.2) is 188 Å². The normalized spacial score (nSPS) is 13.8. The van der Waals surface area contributed by atoms with Crippen molar-refractivity contribution in [1.82, 2.24) is 0 Å². The van der Waals surface area contributed by atoms with Crippen molar-refractivity contribution in [3.63, 3.8) is 0 Å². The van der Waals surface area contributed by atoms with Gasteiger partial charge in [-0.2, -0.15) is 0 Å². The van der Waals surface area contributed by atoms with Gasteiger partial charge in [-0.15, -0.1) is 0 Å². The minimum atomic E-state index is -0.516. The van der Waals surface area contributed by atoms with E-state index in [0.717, 1.165) is 45.3 Å². The molecule has 4 heteroatoms. The molecule has 0 fully saturated rings. The first-order valence-electron chi connectivity index (χ1n) is 17.9. The highest BCUT2D eigenvalue weighted by atomic mass is 16.6. The third-order valence-electron chi connectivity index (χ3n) is 10.8. The maximum Gasteiger partial charge on any atom is 0.170 e. The molecule has 0 atom stereocenters. The van der Waals surface area contributed by atoms with Crippen molar-refractivity contribution >= 4 is 17.1 Å². The van der Waals surface area contributed by atoms with Gasteiger partial charge in [-0.25, -0.2) is 0 Å². The molecule has 53 heavy (non-hydrogen) atoms. The fraction of sp³-hybridized carbons (Fsp3) is 0.0204. The SMILES string of the molecule is c1ccc(C2(c3ccccc3)c3ccccc3-c3cc4c(cc32)Oc2ccc(-c3ccccc3N3c5ccccc5Oc5ccccc53)cc2O4)cc1. The Bertz CT molecular complexity index is 2640.